The molecule has 2 N–H and O–H groups in total. The number of carbonyl (C=O) groups is 1. The molecule has 2 aromatic heterocycles. The highest BCUT2D eigenvalue weighted by atomic mass is 16.5. The Morgan fingerprint density at radius 2 is 2.04 bits per heavy atom. The minimum Gasteiger partial charge on any atom is -0.383 e. The van der Waals surface area contributed by atoms with Crippen LogP contribution in [0.25, 0.3) is 10.9 Å². The molecule has 0 atom stereocenters. The summed E-state index contributed by atoms with van der Waals surface area (Å²) in [4.78, 5) is 21.8. The summed E-state index contributed by atoms with van der Waals surface area (Å²) in [7, 11) is 0. The first-order valence-electron chi connectivity index (χ1n) is 8.93. The lowest BCUT2D eigenvalue weighted by molar-refractivity contribution is 0.0299. The van der Waals surface area contributed by atoms with Crippen LogP contribution in [-0.4, -0.2) is 53.6 Å². The minimum atomic E-state index is -0.0290. The molecule has 26 heavy (non-hydrogen) atoms. The quantitative estimate of drug-likeness (QED) is 0.742. The smallest absolute Gasteiger partial charge is 0.272 e. The summed E-state index contributed by atoms with van der Waals surface area (Å²) in [6, 6.07) is 12.0. The van der Waals surface area contributed by atoms with Gasteiger partial charge in [-0.1, -0.05) is 18.2 Å². The van der Waals surface area contributed by atoms with E-state index in [1.165, 1.54) is 10.9 Å². The number of pyridine rings is 1. The number of carbonyl (C=O) groups excluding carboxylic acids is 1. The van der Waals surface area contributed by atoms with Crippen molar-refractivity contribution in [3.8, 4) is 0 Å². The van der Waals surface area contributed by atoms with Gasteiger partial charge in [-0.05, 0) is 30.2 Å². The van der Waals surface area contributed by atoms with Crippen molar-refractivity contribution in [3.05, 3.63) is 60.0 Å². The molecule has 6 nitrogen and oxygen atoms in total. The number of ether oxygens (including phenoxy) is 1. The SMILES string of the molecule is O=C(c1ccc(NCCc2c[nH]c3ccccc23)cn1)N1CCOCC1. The molecule has 3 heterocycles. The van der Waals surface area contributed by atoms with Crippen molar-refractivity contribution in [2.24, 2.45) is 0 Å². The number of H-pyrrole nitrogens is 1. The Kier molecular flexibility index (Phi) is 4.84. The molecule has 1 saturated heterocycles. The van der Waals surface area contributed by atoms with Crippen molar-refractivity contribution in [3.63, 3.8) is 0 Å². The molecule has 3 aromatic rings. The van der Waals surface area contributed by atoms with Crippen LogP contribution in [0.5, 0.6) is 0 Å². The second kappa shape index (κ2) is 7.58. The lowest BCUT2D eigenvalue weighted by Crippen LogP contribution is -2.41. The number of nitrogens with zero attached hydrogens (tertiary/aromatic N) is 2. The fourth-order valence-corrected chi connectivity index (χ4v) is 3.23. The molecule has 0 aliphatic carbocycles. The number of hydrogen-bond acceptors (Lipinski definition) is 4. The van der Waals surface area contributed by atoms with Gasteiger partial charge in [-0.3, -0.25) is 4.79 Å². The monoisotopic (exact) mass is 350 g/mol. The van der Waals surface area contributed by atoms with Gasteiger partial charge in [0, 0.05) is 36.7 Å². The van der Waals surface area contributed by atoms with Crippen molar-refractivity contribution < 1.29 is 9.53 Å². The van der Waals surface area contributed by atoms with Crippen molar-refractivity contribution >= 4 is 22.5 Å². The Morgan fingerprint density at radius 3 is 2.85 bits per heavy atom. The van der Waals surface area contributed by atoms with Crippen LogP contribution in [0.3, 0.4) is 0 Å². The van der Waals surface area contributed by atoms with Crippen LogP contribution in [0, 0.1) is 0 Å². The number of rotatable bonds is 5. The van der Waals surface area contributed by atoms with Gasteiger partial charge in [0.25, 0.3) is 5.91 Å². The van der Waals surface area contributed by atoms with E-state index in [1.54, 1.807) is 17.2 Å². The van der Waals surface area contributed by atoms with Crippen molar-refractivity contribution in [1.29, 1.82) is 0 Å². The lowest BCUT2D eigenvalue weighted by atomic mass is 10.1. The van der Waals surface area contributed by atoms with E-state index in [0.29, 0.717) is 32.0 Å². The van der Waals surface area contributed by atoms with E-state index in [1.807, 2.05) is 12.1 Å². The first-order chi connectivity index (χ1) is 12.8. The molecule has 134 valence electrons. The van der Waals surface area contributed by atoms with Gasteiger partial charge >= 0.3 is 0 Å². The highest BCUT2D eigenvalue weighted by Gasteiger charge is 2.19. The summed E-state index contributed by atoms with van der Waals surface area (Å²) in [5.41, 5.74) is 3.85. The number of aromatic amines is 1. The number of hydrogen-bond donors (Lipinski definition) is 2. The maximum absolute atomic E-state index is 12.4. The summed E-state index contributed by atoms with van der Waals surface area (Å²) < 4.78 is 5.28. The number of fused-ring (bicyclic) bond motifs is 1. The number of para-hydroxylation sites is 1. The zero-order chi connectivity index (χ0) is 17.8. The van der Waals surface area contributed by atoms with Crippen molar-refractivity contribution in [1.82, 2.24) is 14.9 Å². The second-order valence-corrected chi connectivity index (χ2v) is 6.37. The summed E-state index contributed by atoms with van der Waals surface area (Å²) in [6.45, 7) is 3.26. The summed E-state index contributed by atoms with van der Waals surface area (Å²) in [5.74, 6) is -0.0290. The summed E-state index contributed by atoms with van der Waals surface area (Å²) in [5, 5.41) is 4.63. The maximum Gasteiger partial charge on any atom is 0.272 e. The van der Waals surface area contributed by atoms with Gasteiger partial charge in [0.1, 0.15) is 5.69 Å². The fraction of sp³-hybridized carbons (Fsp3) is 0.300. The molecule has 1 aliphatic rings. The van der Waals surface area contributed by atoms with Crippen LogP contribution in [0.1, 0.15) is 16.1 Å². The first kappa shape index (κ1) is 16.6. The third-order valence-electron chi connectivity index (χ3n) is 4.68. The van der Waals surface area contributed by atoms with E-state index in [9.17, 15) is 4.79 Å². The van der Waals surface area contributed by atoms with Gasteiger partial charge in [-0.15, -0.1) is 0 Å². The van der Waals surface area contributed by atoms with E-state index in [4.69, 9.17) is 4.74 Å². The Bertz CT molecular complexity index is 882. The molecule has 1 aromatic carbocycles. The van der Waals surface area contributed by atoms with Crippen LogP contribution in [-0.2, 0) is 11.2 Å². The number of nitrogens with one attached hydrogen (secondary N) is 2. The normalized spacial score (nSPS) is 14.5. The molecule has 0 radical (unpaired) electrons. The van der Waals surface area contributed by atoms with Crippen LogP contribution in [0.2, 0.25) is 0 Å². The minimum absolute atomic E-state index is 0.0290. The predicted octanol–water partition coefficient (Wildman–Crippen LogP) is 2.69. The molecule has 0 saturated carbocycles. The van der Waals surface area contributed by atoms with E-state index < -0.39 is 0 Å². The fourth-order valence-electron chi connectivity index (χ4n) is 3.23. The average molecular weight is 350 g/mol. The van der Waals surface area contributed by atoms with Gasteiger partial charge in [0.05, 0.1) is 25.1 Å². The van der Waals surface area contributed by atoms with Gasteiger partial charge in [-0.25, -0.2) is 4.98 Å². The third kappa shape index (κ3) is 3.55. The average Bonchev–Trinajstić information content (AvgIpc) is 3.12. The summed E-state index contributed by atoms with van der Waals surface area (Å²) >= 11 is 0. The molecule has 0 unspecified atom stereocenters. The van der Waals surface area contributed by atoms with Crippen LogP contribution < -0.4 is 5.32 Å². The Hall–Kier alpha value is -2.86. The van der Waals surface area contributed by atoms with Crippen LogP contribution >= 0.6 is 0 Å². The predicted molar refractivity (Wildman–Crippen MR) is 101 cm³/mol. The Morgan fingerprint density at radius 1 is 1.19 bits per heavy atom. The molecule has 0 spiro atoms. The molecule has 1 amide bonds. The van der Waals surface area contributed by atoms with E-state index in [0.717, 1.165) is 24.2 Å². The van der Waals surface area contributed by atoms with E-state index >= 15 is 0 Å². The van der Waals surface area contributed by atoms with E-state index in [2.05, 4.69) is 39.7 Å². The number of amides is 1. The van der Waals surface area contributed by atoms with E-state index in [-0.39, 0.29) is 5.91 Å². The van der Waals surface area contributed by atoms with Gasteiger partial charge in [0.2, 0.25) is 0 Å². The lowest BCUT2D eigenvalue weighted by Gasteiger charge is -2.26. The first-order valence-corrected chi connectivity index (χ1v) is 8.93. The Balaban J connectivity index is 1.33. The molecular formula is C20H22N4O2. The van der Waals surface area contributed by atoms with Crippen molar-refractivity contribution in [2.45, 2.75) is 6.42 Å². The standard InChI is InChI=1S/C20H22N4O2/c25-20(24-9-11-26-12-10-24)19-6-5-16(14-23-19)21-8-7-15-13-22-18-4-2-1-3-17(15)18/h1-6,13-14,21-22H,7-12H2. The van der Waals surface area contributed by atoms with Gasteiger partial charge in [-0.2, -0.15) is 0 Å². The number of anilines is 1. The third-order valence-corrected chi connectivity index (χ3v) is 4.68. The van der Waals surface area contributed by atoms with Crippen LogP contribution in [0.15, 0.2) is 48.8 Å². The van der Waals surface area contributed by atoms with Gasteiger partial charge in [0.15, 0.2) is 0 Å². The highest BCUT2D eigenvalue weighted by Crippen LogP contribution is 2.18. The largest absolute Gasteiger partial charge is 0.383 e. The number of morpholine rings is 1. The van der Waals surface area contributed by atoms with Gasteiger partial charge < -0.3 is 19.9 Å². The van der Waals surface area contributed by atoms with Crippen LogP contribution in [0.4, 0.5) is 5.69 Å². The zero-order valence-electron chi connectivity index (χ0n) is 14.6. The molecule has 1 aliphatic heterocycles. The molecule has 6 heteroatoms. The second-order valence-electron chi connectivity index (χ2n) is 6.37. The Labute approximate surface area is 152 Å². The molecule has 1 fully saturated rings. The molecular weight excluding hydrogens is 328 g/mol. The molecule has 0 bridgehead atoms. The summed E-state index contributed by atoms with van der Waals surface area (Å²) in [6.07, 6.45) is 4.70. The van der Waals surface area contributed by atoms with Crippen molar-refractivity contribution in [2.75, 3.05) is 38.2 Å². The highest BCUT2D eigenvalue weighted by molar-refractivity contribution is 5.92. The number of aromatic nitrogens is 2. The number of benzene rings is 1. The maximum atomic E-state index is 12.4. The molecule has 4 rings (SSSR count). The topological polar surface area (TPSA) is 70.2 Å². The zero-order valence-corrected chi connectivity index (χ0v) is 14.6.